The summed E-state index contributed by atoms with van der Waals surface area (Å²) in [4.78, 5) is 25.9. The van der Waals surface area contributed by atoms with Gasteiger partial charge in [0, 0.05) is 28.7 Å². The summed E-state index contributed by atoms with van der Waals surface area (Å²) in [5, 5.41) is 0. The Labute approximate surface area is 248 Å². The van der Waals surface area contributed by atoms with Crippen molar-refractivity contribution in [3.63, 3.8) is 0 Å². The lowest BCUT2D eigenvalue weighted by molar-refractivity contribution is 0.0190. The lowest BCUT2D eigenvalue weighted by atomic mass is 9.81. The molecule has 6 nitrogen and oxygen atoms in total. The van der Waals surface area contributed by atoms with E-state index in [-0.39, 0.29) is 10.8 Å². The van der Waals surface area contributed by atoms with Gasteiger partial charge in [-0.2, -0.15) is 0 Å². The summed E-state index contributed by atoms with van der Waals surface area (Å²) in [6.45, 7) is 27.7. The number of carbonyl (C=O) groups excluding carboxylic acids is 2. The molecule has 2 rings (SSSR count). The Morgan fingerprint density at radius 3 is 1.12 bits per heavy atom. The van der Waals surface area contributed by atoms with Gasteiger partial charge in [0.05, 0.1) is 0 Å². The molecule has 0 saturated carbocycles. The predicted octanol–water partition coefficient (Wildman–Crippen LogP) is 9.62. The van der Waals surface area contributed by atoms with Crippen LogP contribution in [0.5, 0.6) is 11.5 Å². The first-order valence-corrected chi connectivity index (χ1v) is 14.7. The minimum absolute atomic E-state index is 0.311. The van der Waals surface area contributed by atoms with Crippen molar-refractivity contribution in [2.24, 2.45) is 0 Å². The number of carbonyl (C=O) groups is 2. The number of hydrogen-bond acceptors (Lipinski definition) is 6. The molecule has 6 heteroatoms. The molecule has 0 aliphatic heterocycles. The van der Waals surface area contributed by atoms with Gasteiger partial charge in [-0.05, 0) is 76.3 Å². The van der Waals surface area contributed by atoms with Crippen molar-refractivity contribution in [1.29, 1.82) is 0 Å². The van der Waals surface area contributed by atoms with Crippen molar-refractivity contribution in [2.75, 3.05) is 0 Å². The lowest BCUT2D eigenvalue weighted by Gasteiger charge is -2.28. The maximum absolute atomic E-state index is 13.0. The fourth-order valence-electron chi connectivity index (χ4n) is 4.45. The highest BCUT2D eigenvalue weighted by Gasteiger charge is 2.30. The van der Waals surface area contributed by atoms with Crippen molar-refractivity contribution in [3.8, 4) is 11.5 Å². The highest BCUT2D eigenvalue weighted by Crippen LogP contribution is 2.41. The second-order valence-corrected chi connectivity index (χ2v) is 14.8. The molecule has 2 aromatic rings. The molecule has 228 valence electrons. The first-order valence-electron chi connectivity index (χ1n) is 14.7. The van der Waals surface area contributed by atoms with Gasteiger partial charge in [0.1, 0.15) is 22.7 Å². The molecule has 0 N–H and O–H groups in total. The molecule has 0 spiro atoms. The van der Waals surface area contributed by atoms with Crippen LogP contribution in [0.2, 0.25) is 0 Å². The zero-order chi connectivity index (χ0) is 31.6. The number of benzene rings is 2. The van der Waals surface area contributed by atoms with Gasteiger partial charge >= 0.3 is 12.3 Å². The molecule has 0 heterocycles. The molecule has 0 atom stereocenters. The van der Waals surface area contributed by atoms with Crippen LogP contribution < -0.4 is 9.47 Å². The molecular formula is C35H52O6. The quantitative estimate of drug-likeness (QED) is 0.255. The first-order chi connectivity index (χ1) is 18.5. The molecule has 2 aromatic carbocycles. The van der Waals surface area contributed by atoms with Gasteiger partial charge in [-0.1, -0.05) is 79.7 Å². The smallest absolute Gasteiger partial charge is 0.428 e. The van der Waals surface area contributed by atoms with Gasteiger partial charge in [-0.3, -0.25) is 0 Å². The van der Waals surface area contributed by atoms with Crippen LogP contribution in [0, 0.1) is 0 Å². The summed E-state index contributed by atoms with van der Waals surface area (Å²) < 4.78 is 23.1. The summed E-state index contributed by atoms with van der Waals surface area (Å²) in [7, 11) is 0. The van der Waals surface area contributed by atoms with Crippen LogP contribution >= 0.6 is 0 Å². The lowest BCUT2D eigenvalue weighted by Crippen LogP contribution is -2.28. The van der Waals surface area contributed by atoms with E-state index in [1.807, 2.05) is 41.5 Å². The van der Waals surface area contributed by atoms with Gasteiger partial charge in [0.2, 0.25) is 0 Å². The van der Waals surface area contributed by atoms with Gasteiger partial charge in [0.25, 0.3) is 0 Å². The van der Waals surface area contributed by atoms with Gasteiger partial charge < -0.3 is 18.9 Å². The minimum Gasteiger partial charge on any atom is -0.428 e. The highest BCUT2D eigenvalue weighted by molar-refractivity contribution is 5.69. The zero-order valence-electron chi connectivity index (χ0n) is 27.9. The van der Waals surface area contributed by atoms with Crippen LogP contribution in [0.4, 0.5) is 9.59 Å². The standard InChI is InChI=1S/C35H52O6/c1-15-22-17-24(28(26(19-22)32(3,4)5)38-30(36)40-34(9,10)11)21-25-18-23(16-2)20-27(33(6,7)8)29(25)39-31(37)41-35(12,13)14/h17-20H,15-16,21H2,1-14H3. The SMILES string of the molecule is CCc1cc(Cc2cc(CC)cc(C(C)(C)C)c2OC(=O)OC(C)(C)C)c(OC(=O)OC(C)(C)C)c(C(C)(C)C)c1. The molecule has 0 saturated heterocycles. The van der Waals surface area contributed by atoms with Crippen molar-refractivity contribution in [2.45, 2.75) is 138 Å². The monoisotopic (exact) mass is 568 g/mol. The second-order valence-electron chi connectivity index (χ2n) is 14.8. The molecule has 0 radical (unpaired) electrons. The van der Waals surface area contributed by atoms with Crippen molar-refractivity contribution in [1.82, 2.24) is 0 Å². The van der Waals surface area contributed by atoms with E-state index in [4.69, 9.17) is 18.9 Å². The second kappa shape index (κ2) is 12.5. The third-order valence-electron chi connectivity index (χ3n) is 6.41. The molecular weight excluding hydrogens is 516 g/mol. The Bertz CT molecular complexity index is 1150. The molecule has 0 aromatic heterocycles. The van der Waals surface area contributed by atoms with E-state index >= 15 is 0 Å². The number of hydrogen-bond donors (Lipinski definition) is 0. The average molecular weight is 569 g/mol. The molecule has 41 heavy (non-hydrogen) atoms. The largest absolute Gasteiger partial charge is 0.514 e. The van der Waals surface area contributed by atoms with Gasteiger partial charge in [0.15, 0.2) is 0 Å². The normalized spacial score (nSPS) is 12.6. The molecule has 0 bridgehead atoms. The minimum atomic E-state index is -0.753. The predicted molar refractivity (Wildman–Crippen MR) is 166 cm³/mol. The third-order valence-corrected chi connectivity index (χ3v) is 6.41. The maximum atomic E-state index is 13.0. The third kappa shape index (κ3) is 10.1. The van der Waals surface area contributed by atoms with Crippen molar-refractivity contribution < 1.29 is 28.5 Å². The van der Waals surface area contributed by atoms with Gasteiger partial charge in [-0.15, -0.1) is 0 Å². The van der Waals surface area contributed by atoms with Crippen molar-refractivity contribution >= 4 is 12.3 Å². The number of aryl methyl sites for hydroxylation is 2. The summed E-state index contributed by atoms with van der Waals surface area (Å²) >= 11 is 0. The molecule has 0 aliphatic rings. The van der Waals surface area contributed by atoms with Crippen LogP contribution in [-0.4, -0.2) is 23.5 Å². The molecule has 0 amide bonds. The molecule has 0 fully saturated rings. The van der Waals surface area contributed by atoms with E-state index in [1.165, 1.54) is 0 Å². The first kappa shape index (κ1) is 34.2. The zero-order valence-corrected chi connectivity index (χ0v) is 27.9. The fourth-order valence-corrected chi connectivity index (χ4v) is 4.45. The van der Waals surface area contributed by atoms with Crippen LogP contribution in [0.25, 0.3) is 0 Å². The highest BCUT2D eigenvalue weighted by atomic mass is 16.7. The van der Waals surface area contributed by atoms with E-state index in [0.29, 0.717) is 17.9 Å². The maximum Gasteiger partial charge on any atom is 0.514 e. The van der Waals surface area contributed by atoms with Crippen molar-refractivity contribution in [3.05, 3.63) is 57.6 Å². The van der Waals surface area contributed by atoms with Crippen LogP contribution in [-0.2, 0) is 39.6 Å². The van der Waals surface area contributed by atoms with Crippen LogP contribution in [0.3, 0.4) is 0 Å². The number of ether oxygens (including phenoxy) is 4. The van der Waals surface area contributed by atoms with E-state index in [9.17, 15) is 9.59 Å². The Morgan fingerprint density at radius 1 is 0.561 bits per heavy atom. The Hall–Kier alpha value is -3.02. The topological polar surface area (TPSA) is 71.1 Å². The van der Waals surface area contributed by atoms with Crippen LogP contribution in [0.15, 0.2) is 24.3 Å². The van der Waals surface area contributed by atoms with E-state index < -0.39 is 23.5 Å². The van der Waals surface area contributed by atoms with Crippen LogP contribution in [0.1, 0.15) is 130 Å². The summed E-state index contributed by atoms with van der Waals surface area (Å²) in [5.41, 5.74) is 3.69. The van der Waals surface area contributed by atoms with E-state index in [0.717, 1.165) is 46.2 Å². The Morgan fingerprint density at radius 2 is 0.878 bits per heavy atom. The van der Waals surface area contributed by atoms with Gasteiger partial charge in [-0.25, -0.2) is 9.59 Å². The Kier molecular flexibility index (Phi) is 10.4. The number of rotatable bonds is 6. The Balaban J connectivity index is 2.84. The average Bonchev–Trinajstić information content (AvgIpc) is 2.76. The molecule has 0 aliphatic carbocycles. The molecule has 0 unspecified atom stereocenters. The summed E-state index contributed by atoms with van der Waals surface area (Å²) in [5.74, 6) is 0.956. The summed E-state index contributed by atoms with van der Waals surface area (Å²) in [6, 6.07) is 8.35. The van der Waals surface area contributed by atoms with E-state index in [2.05, 4.69) is 79.7 Å². The fraction of sp³-hybridized carbons (Fsp3) is 0.600. The van der Waals surface area contributed by atoms with E-state index in [1.54, 1.807) is 0 Å². The summed E-state index contributed by atoms with van der Waals surface area (Å²) in [6.07, 6.45) is 0.496.